The Morgan fingerprint density at radius 3 is 2.03 bits per heavy atom. The van der Waals surface area contributed by atoms with Gasteiger partial charge in [0.15, 0.2) is 5.54 Å². The van der Waals surface area contributed by atoms with Gasteiger partial charge in [0.2, 0.25) is 0 Å². The van der Waals surface area contributed by atoms with Crippen LogP contribution < -0.4 is 5.73 Å². The van der Waals surface area contributed by atoms with Crippen LogP contribution in [0.4, 0.5) is 0 Å². The summed E-state index contributed by atoms with van der Waals surface area (Å²) in [7, 11) is 0. The van der Waals surface area contributed by atoms with Gasteiger partial charge >= 0.3 is 5.97 Å². The predicted octanol–water partition coefficient (Wildman–Crippen LogP) is 1.28. The molecule has 0 saturated heterocycles. The number of aliphatic hydroxyl groups is 4. The van der Waals surface area contributed by atoms with E-state index in [0.29, 0.717) is 25.0 Å². The summed E-state index contributed by atoms with van der Waals surface area (Å²) in [6.45, 7) is 1.06. The summed E-state index contributed by atoms with van der Waals surface area (Å²) in [6, 6.07) is 0. The Kier molecular flexibility index (Phi) is 14.8. The highest BCUT2D eigenvalue weighted by Crippen LogP contribution is 2.15. The Labute approximate surface area is 173 Å². The molecule has 0 spiro atoms. The van der Waals surface area contributed by atoms with Gasteiger partial charge < -0.3 is 31.3 Å². The Bertz CT molecular complexity index is 497. The van der Waals surface area contributed by atoms with Crippen molar-refractivity contribution in [3.8, 4) is 0 Å². The van der Waals surface area contributed by atoms with Gasteiger partial charge in [0, 0.05) is 12.8 Å². The van der Waals surface area contributed by atoms with Gasteiger partial charge in [-0.25, -0.2) is 0 Å². The van der Waals surface area contributed by atoms with Gasteiger partial charge in [0.1, 0.15) is 24.1 Å². The minimum absolute atomic E-state index is 0.330. The molecule has 0 aliphatic carbocycles. The molecule has 29 heavy (non-hydrogen) atoms. The number of carbonyl (C=O) groups is 2. The standard InChI is InChI=1S/C21H39NO7/c1-2-3-4-9-12-16(24)13-10-7-5-6-8-11-14-17(25)18(26)19(27)21(22,15-23)20(28)29/h11,14,17-19,23,25-27H,2-10,12-13,15,22H2,1H3,(H,28,29)/b14-11+. The molecule has 0 heterocycles. The maximum atomic E-state index is 11.7. The molecule has 0 radical (unpaired) electrons. The zero-order chi connectivity index (χ0) is 22.3. The van der Waals surface area contributed by atoms with Gasteiger partial charge in [-0.2, -0.15) is 0 Å². The molecule has 0 aliphatic rings. The topological polar surface area (TPSA) is 161 Å². The molecule has 8 nitrogen and oxygen atoms in total. The number of aliphatic carboxylic acids is 1. The number of hydrogen-bond donors (Lipinski definition) is 6. The quantitative estimate of drug-likeness (QED) is 0.144. The number of nitrogens with two attached hydrogens (primary N) is 1. The molecule has 7 N–H and O–H groups in total. The van der Waals surface area contributed by atoms with Crippen molar-refractivity contribution in [3.05, 3.63) is 12.2 Å². The zero-order valence-corrected chi connectivity index (χ0v) is 17.5. The maximum absolute atomic E-state index is 11.7. The summed E-state index contributed by atoms with van der Waals surface area (Å²) in [5.74, 6) is -1.35. The number of rotatable bonds is 18. The van der Waals surface area contributed by atoms with E-state index in [9.17, 15) is 24.9 Å². The molecule has 0 aromatic heterocycles. The van der Waals surface area contributed by atoms with Crippen LogP contribution in [0.25, 0.3) is 0 Å². The van der Waals surface area contributed by atoms with E-state index >= 15 is 0 Å². The van der Waals surface area contributed by atoms with E-state index < -0.39 is 36.4 Å². The Morgan fingerprint density at radius 2 is 1.52 bits per heavy atom. The van der Waals surface area contributed by atoms with Gasteiger partial charge in [-0.15, -0.1) is 0 Å². The number of carbonyl (C=O) groups excluding carboxylic acids is 1. The first-order chi connectivity index (χ1) is 13.7. The first kappa shape index (κ1) is 27.7. The van der Waals surface area contributed by atoms with E-state index in [1.54, 1.807) is 6.08 Å². The summed E-state index contributed by atoms with van der Waals surface area (Å²) in [5, 5.41) is 47.7. The molecule has 4 atom stereocenters. The number of hydrogen-bond acceptors (Lipinski definition) is 7. The van der Waals surface area contributed by atoms with Crippen molar-refractivity contribution >= 4 is 11.8 Å². The lowest BCUT2D eigenvalue weighted by atomic mass is 9.88. The molecule has 0 aromatic carbocycles. The fourth-order valence-electron chi connectivity index (χ4n) is 2.94. The van der Waals surface area contributed by atoms with Gasteiger partial charge in [0.25, 0.3) is 0 Å². The normalized spacial score (nSPS) is 17.0. The Hall–Kier alpha value is -1.32. The lowest BCUT2D eigenvalue weighted by molar-refractivity contribution is -0.158. The van der Waals surface area contributed by atoms with Crippen LogP contribution in [-0.4, -0.2) is 67.7 Å². The Balaban J connectivity index is 3.99. The molecule has 0 aromatic rings. The van der Waals surface area contributed by atoms with Crippen LogP contribution in [0.2, 0.25) is 0 Å². The van der Waals surface area contributed by atoms with Crippen molar-refractivity contribution in [2.24, 2.45) is 5.73 Å². The van der Waals surface area contributed by atoms with Crippen LogP contribution in [0, 0.1) is 0 Å². The van der Waals surface area contributed by atoms with E-state index in [4.69, 9.17) is 15.9 Å². The molecule has 0 amide bonds. The van der Waals surface area contributed by atoms with Gasteiger partial charge in [-0.1, -0.05) is 51.2 Å². The van der Waals surface area contributed by atoms with Crippen LogP contribution >= 0.6 is 0 Å². The molecule has 0 rings (SSSR count). The minimum Gasteiger partial charge on any atom is -0.480 e. The molecule has 0 fully saturated rings. The molecule has 0 bridgehead atoms. The molecular formula is C21H39NO7. The van der Waals surface area contributed by atoms with Crippen LogP contribution in [-0.2, 0) is 9.59 Å². The summed E-state index contributed by atoms with van der Waals surface area (Å²) < 4.78 is 0. The first-order valence-corrected chi connectivity index (χ1v) is 10.6. The molecule has 4 unspecified atom stereocenters. The van der Waals surface area contributed by atoms with E-state index in [2.05, 4.69) is 6.92 Å². The number of unbranched alkanes of at least 4 members (excludes halogenated alkanes) is 7. The summed E-state index contributed by atoms with van der Waals surface area (Å²) in [6.07, 6.45) is 7.50. The van der Waals surface area contributed by atoms with Crippen molar-refractivity contribution in [3.63, 3.8) is 0 Å². The van der Waals surface area contributed by atoms with Gasteiger partial charge in [0.05, 0.1) is 6.61 Å². The second-order valence-corrected chi connectivity index (χ2v) is 7.66. The number of ketones is 1. The van der Waals surface area contributed by atoms with E-state index in [0.717, 1.165) is 44.9 Å². The van der Waals surface area contributed by atoms with Gasteiger partial charge in [-0.05, 0) is 25.7 Å². The summed E-state index contributed by atoms with van der Waals surface area (Å²) in [5.41, 5.74) is 2.93. The third kappa shape index (κ3) is 10.9. The van der Waals surface area contributed by atoms with E-state index in [1.165, 1.54) is 12.5 Å². The van der Waals surface area contributed by atoms with E-state index in [1.807, 2.05) is 0 Å². The SMILES string of the molecule is CCCCCCC(=O)CCCCCC/C=C/C(O)C(O)C(O)C(N)(CO)C(=O)O. The third-order valence-corrected chi connectivity index (χ3v) is 5.08. The largest absolute Gasteiger partial charge is 0.480 e. The average molecular weight is 418 g/mol. The van der Waals surface area contributed by atoms with Crippen molar-refractivity contribution in [2.45, 2.75) is 101 Å². The summed E-state index contributed by atoms with van der Waals surface area (Å²) >= 11 is 0. The van der Waals surface area contributed by atoms with Gasteiger partial charge in [-0.3, -0.25) is 9.59 Å². The average Bonchev–Trinajstić information content (AvgIpc) is 2.70. The Morgan fingerprint density at radius 1 is 0.966 bits per heavy atom. The van der Waals surface area contributed by atoms with Crippen molar-refractivity contribution in [1.29, 1.82) is 0 Å². The fourth-order valence-corrected chi connectivity index (χ4v) is 2.94. The lowest BCUT2D eigenvalue weighted by Crippen LogP contribution is -2.65. The highest BCUT2D eigenvalue weighted by molar-refractivity contribution is 5.79. The highest BCUT2D eigenvalue weighted by atomic mass is 16.4. The molecular weight excluding hydrogens is 378 g/mol. The minimum atomic E-state index is -2.46. The second-order valence-electron chi connectivity index (χ2n) is 7.66. The molecule has 0 saturated carbocycles. The fraction of sp³-hybridized carbons (Fsp3) is 0.810. The molecule has 0 aliphatic heterocycles. The van der Waals surface area contributed by atoms with Crippen LogP contribution in [0.1, 0.15) is 77.6 Å². The van der Waals surface area contributed by atoms with Crippen LogP contribution in [0.5, 0.6) is 0 Å². The van der Waals surface area contributed by atoms with Crippen LogP contribution in [0.15, 0.2) is 12.2 Å². The number of Topliss-reactive ketones (excluding diaryl/α,β-unsaturated/α-hetero) is 1. The third-order valence-electron chi connectivity index (χ3n) is 5.08. The predicted molar refractivity (Wildman–Crippen MR) is 110 cm³/mol. The lowest BCUT2D eigenvalue weighted by Gasteiger charge is -2.32. The van der Waals surface area contributed by atoms with Crippen LogP contribution in [0.3, 0.4) is 0 Å². The van der Waals surface area contributed by atoms with Crippen molar-refractivity contribution < 1.29 is 35.1 Å². The maximum Gasteiger partial charge on any atom is 0.328 e. The molecule has 170 valence electrons. The summed E-state index contributed by atoms with van der Waals surface area (Å²) in [4.78, 5) is 22.8. The smallest absolute Gasteiger partial charge is 0.328 e. The second kappa shape index (κ2) is 15.5. The number of carboxylic acids is 1. The number of aliphatic hydroxyl groups excluding tert-OH is 4. The van der Waals surface area contributed by atoms with E-state index in [-0.39, 0.29) is 0 Å². The monoisotopic (exact) mass is 417 g/mol. The zero-order valence-electron chi connectivity index (χ0n) is 17.5. The number of allylic oxidation sites excluding steroid dienone is 1. The molecule has 8 heteroatoms. The van der Waals surface area contributed by atoms with Crippen molar-refractivity contribution in [2.75, 3.05) is 6.61 Å². The highest BCUT2D eigenvalue weighted by Gasteiger charge is 2.46. The number of carboxylic acid groups (broad SMARTS) is 1. The first-order valence-electron chi connectivity index (χ1n) is 10.6. The van der Waals surface area contributed by atoms with Crippen molar-refractivity contribution in [1.82, 2.24) is 0 Å².